The predicted molar refractivity (Wildman–Crippen MR) is 87.9 cm³/mol. The molecule has 2 fully saturated rings. The van der Waals surface area contributed by atoms with Gasteiger partial charge >= 0.3 is 0 Å². The number of amides is 1. The lowest BCUT2D eigenvalue weighted by atomic mass is 9.89. The van der Waals surface area contributed by atoms with Gasteiger partial charge in [0.1, 0.15) is 0 Å². The van der Waals surface area contributed by atoms with Crippen LogP contribution in [0.15, 0.2) is 28.7 Å². The minimum Gasteiger partial charge on any atom is -0.341 e. The molecule has 0 spiro atoms. The Morgan fingerprint density at radius 3 is 2.62 bits per heavy atom. The van der Waals surface area contributed by atoms with Crippen molar-refractivity contribution >= 4 is 21.8 Å². The number of hydrogen-bond acceptors (Lipinski definition) is 2. The first-order chi connectivity index (χ1) is 10.1. The van der Waals surface area contributed by atoms with E-state index < -0.39 is 0 Å². The van der Waals surface area contributed by atoms with E-state index in [1.54, 1.807) is 0 Å². The number of hydrogen-bond donors (Lipinski definition) is 1. The number of benzene rings is 1. The van der Waals surface area contributed by atoms with Gasteiger partial charge in [0.25, 0.3) is 0 Å². The van der Waals surface area contributed by atoms with Crippen molar-refractivity contribution in [3.63, 3.8) is 0 Å². The summed E-state index contributed by atoms with van der Waals surface area (Å²) in [4.78, 5) is 14.3. The summed E-state index contributed by atoms with van der Waals surface area (Å²) in [7, 11) is 1.91. The first kappa shape index (κ1) is 15.0. The number of piperidine rings is 1. The SMILES string of the molecule is CN(Cc1ccccc1Br)C(=O)CC1CC2CCC(C1)N2. The first-order valence-electron chi connectivity index (χ1n) is 7.85. The van der Waals surface area contributed by atoms with E-state index in [2.05, 4.69) is 27.3 Å². The number of nitrogens with zero attached hydrogens (tertiary/aromatic N) is 1. The van der Waals surface area contributed by atoms with Crippen LogP contribution in [0.5, 0.6) is 0 Å². The number of rotatable bonds is 4. The number of fused-ring (bicyclic) bond motifs is 2. The van der Waals surface area contributed by atoms with E-state index in [0.717, 1.165) is 4.47 Å². The standard InChI is InChI=1S/C17H23BrN2O/c1-20(11-13-4-2-3-5-16(13)18)17(21)10-12-8-14-6-7-15(9-12)19-14/h2-5,12,14-15,19H,6-11H2,1H3. The van der Waals surface area contributed by atoms with Crippen molar-refractivity contribution < 1.29 is 4.79 Å². The molecule has 0 aromatic heterocycles. The molecule has 0 saturated carbocycles. The lowest BCUT2D eigenvalue weighted by Crippen LogP contribution is -2.39. The maximum Gasteiger partial charge on any atom is 0.222 e. The Hall–Kier alpha value is -0.870. The molecule has 1 N–H and O–H groups in total. The highest BCUT2D eigenvalue weighted by Crippen LogP contribution is 2.33. The van der Waals surface area contributed by atoms with Crippen LogP contribution in [-0.4, -0.2) is 29.9 Å². The second-order valence-electron chi connectivity index (χ2n) is 6.52. The molecule has 3 rings (SSSR count). The summed E-state index contributed by atoms with van der Waals surface area (Å²) in [5.74, 6) is 0.843. The molecule has 2 atom stereocenters. The fourth-order valence-corrected chi connectivity index (χ4v) is 4.13. The average Bonchev–Trinajstić information content (AvgIpc) is 2.80. The molecule has 2 bridgehead atoms. The van der Waals surface area contributed by atoms with Crippen LogP contribution in [0.1, 0.15) is 37.7 Å². The molecule has 21 heavy (non-hydrogen) atoms. The van der Waals surface area contributed by atoms with Gasteiger partial charge in [-0.25, -0.2) is 0 Å². The van der Waals surface area contributed by atoms with E-state index >= 15 is 0 Å². The fourth-order valence-electron chi connectivity index (χ4n) is 3.71. The molecule has 2 unspecified atom stereocenters. The quantitative estimate of drug-likeness (QED) is 0.903. The van der Waals surface area contributed by atoms with Crippen LogP contribution >= 0.6 is 15.9 Å². The van der Waals surface area contributed by atoms with Gasteiger partial charge in [0.2, 0.25) is 5.91 Å². The molecule has 0 radical (unpaired) electrons. The predicted octanol–water partition coefficient (Wildman–Crippen LogP) is 3.33. The Labute approximate surface area is 135 Å². The Morgan fingerprint density at radius 2 is 1.95 bits per heavy atom. The molecule has 1 aromatic carbocycles. The minimum absolute atomic E-state index is 0.275. The molecule has 0 aliphatic carbocycles. The van der Waals surface area contributed by atoms with Gasteiger partial charge in [0.05, 0.1) is 0 Å². The molecule has 2 aliphatic rings. The smallest absolute Gasteiger partial charge is 0.222 e. The van der Waals surface area contributed by atoms with E-state index in [-0.39, 0.29) is 5.91 Å². The fraction of sp³-hybridized carbons (Fsp3) is 0.588. The molecular formula is C17H23BrN2O. The molecule has 4 heteroatoms. The van der Waals surface area contributed by atoms with Gasteiger partial charge in [-0.2, -0.15) is 0 Å². The summed E-state index contributed by atoms with van der Waals surface area (Å²) < 4.78 is 1.07. The summed E-state index contributed by atoms with van der Waals surface area (Å²) in [5, 5.41) is 3.64. The average molecular weight is 351 g/mol. The van der Waals surface area contributed by atoms with Crippen molar-refractivity contribution in [2.75, 3.05) is 7.05 Å². The van der Waals surface area contributed by atoms with Crippen LogP contribution < -0.4 is 5.32 Å². The van der Waals surface area contributed by atoms with Crippen LogP contribution in [0.4, 0.5) is 0 Å². The Kier molecular flexibility index (Phi) is 4.65. The summed E-state index contributed by atoms with van der Waals surface area (Å²) >= 11 is 3.55. The van der Waals surface area contributed by atoms with E-state index in [4.69, 9.17) is 0 Å². The maximum absolute atomic E-state index is 12.5. The number of carbonyl (C=O) groups is 1. The normalized spacial score (nSPS) is 27.6. The number of carbonyl (C=O) groups excluding carboxylic acids is 1. The van der Waals surface area contributed by atoms with Gasteiger partial charge in [0, 0.05) is 36.6 Å². The molecule has 1 amide bonds. The lowest BCUT2D eigenvalue weighted by molar-refractivity contribution is -0.131. The lowest BCUT2D eigenvalue weighted by Gasteiger charge is -2.30. The van der Waals surface area contributed by atoms with Gasteiger partial charge in [-0.15, -0.1) is 0 Å². The van der Waals surface area contributed by atoms with Gasteiger partial charge in [0.15, 0.2) is 0 Å². The molecule has 2 saturated heterocycles. The van der Waals surface area contributed by atoms with Crippen molar-refractivity contribution in [1.29, 1.82) is 0 Å². The van der Waals surface area contributed by atoms with E-state index in [1.165, 1.54) is 31.2 Å². The second kappa shape index (κ2) is 6.49. The molecular weight excluding hydrogens is 328 g/mol. The van der Waals surface area contributed by atoms with Gasteiger partial charge in [-0.1, -0.05) is 34.1 Å². The van der Waals surface area contributed by atoms with Crippen molar-refractivity contribution in [3.8, 4) is 0 Å². The zero-order valence-electron chi connectivity index (χ0n) is 12.5. The number of nitrogens with one attached hydrogen (secondary N) is 1. The van der Waals surface area contributed by atoms with Gasteiger partial charge in [-0.05, 0) is 43.2 Å². The Balaban J connectivity index is 1.54. The van der Waals surface area contributed by atoms with Crippen molar-refractivity contribution in [2.24, 2.45) is 5.92 Å². The summed E-state index contributed by atoms with van der Waals surface area (Å²) in [6, 6.07) is 9.44. The van der Waals surface area contributed by atoms with Crippen LogP contribution in [-0.2, 0) is 11.3 Å². The summed E-state index contributed by atoms with van der Waals surface area (Å²) in [5.41, 5.74) is 1.17. The van der Waals surface area contributed by atoms with Crippen LogP contribution in [0.3, 0.4) is 0 Å². The third-order valence-corrected chi connectivity index (χ3v) is 5.60. The van der Waals surface area contributed by atoms with Crippen molar-refractivity contribution in [2.45, 2.75) is 50.7 Å². The van der Waals surface area contributed by atoms with E-state index in [0.29, 0.717) is 31.0 Å². The third kappa shape index (κ3) is 3.67. The second-order valence-corrected chi connectivity index (χ2v) is 7.37. The number of halogens is 1. The van der Waals surface area contributed by atoms with Gasteiger partial charge in [-0.3, -0.25) is 4.79 Å². The van der Waals surface area contributed by atoms with E-state index in [9.17, 15) is 4.79 Å². The molecule has 1 aromatic rings. The molecule has 2 heterocycles. The Morgan fingerprint density at radius 1 is 1.29 bits per heavy atom. The van der Waals surface area contributed by atoms with E-state index in [1.807, 2.05) is 30.1 Å². The van der Waals surface area contributed by atoms with Gasteiger partial charge < -0.3 is 10.2 Å². The largest absolute Gasteiger partial charge is 0.341 e. The van der Waals surface area contributed by atoms with Crippen molar-refractivity contribution in [1.82, 2.24) is 10.2 Å². The monoisotopic (exact) mass is 350 g/mol. The zero-order chi connectivity index (χ0) is 14.8. The maximum atomic E-state index is 12.5. The first-order valence-corrected chi connectivity index (χ1v) is 8.64. The molecule has 3 nitrogen and oxygen atoms in total. The summed E-state index contributed by atoms with van der Waals surface area (Å²) in [6.45, 7) is 0.679. The highest BCUT2D eigenvalue weighted by molar-refractivity contribution is 9.10. The Bertz CT molecular complexity index is 507. The van der Waals surface area contributed by atoms with Crippen LogP contribution in [0, 0.1) is 5.92 Å². The molecule has 2 aliphatic heterocycles. The zero-order valence-corrected chi connectivity index (χ0v) is 14.1. The minimum atomic E-state index is 0.275. The van der Waals surface area contributed by atoms with Crippen LogP contribution in [0.25, 0.3) is 0 Å². The summed E-state index contributed by atoms with van der Waals surface area (Å²) in [6.07, 6.45) is 5.64. The topological polar surface area (TPSA) is 32.3 Å². The third-order valence-electron chi connectivity index (χ3n) is 4.83. The highest BCUT2D eigenvalue weighted by atomic mass is 79.9. The highest BCUT2D eigenvalue weighted by Gasteiger charge is 2.34. The van der Waals surface area contributed by atoms with Crippen LogP contribution in [0.2, 0.25) is 0 Å². The molecule has 114 valence electrons. The van der Waals surface area contributed by atoms with Crippen molar-refractivity contribution in [3.05, 3.63) is 34.3 Å².